The summed E-state index contributed by atoms with van der Waals surface area (Å²) in [6, 6.07) is 9.40. The summed E-state index contributed by atoms with van der Waals surface area (Å²) >= 11 is 1.31. The Hall–Kier alpha value is -3.72. The van der Waals surface area contributed by atoms with Crippen LogP contribution in [0.25, 0.3) is 10.9 Å². The van der Waals surface area contributed by atoms with Gasteiger partial charge >= 0.3 is 7.82 Å². The number of anilines is 3. The Morgan fingerprint density at radius 3 is 2.42 bits per heavy atom. The molecule has 0 bridgehead atoms. The number of thiazole rings is 1. The predicted octanol–water partition coefficient (Wildman–Crippen LogP) is 8.15. The second-order valence-electron chi connectivity index (χ2n) is 14.4. The van der Waals surface area contributed by atoms with Gasteiger partial charge in [-0.25, -0.2) is 23.9 Å². The van der Waals surface area contributed by atoms with Crippen molar-refractivity contribution in [2.75, 3.05) is 44.0 Å². The van der Waals surface area contributed by atoms with E-state index in [0.717, 1.165) is 30.9 Å². The van der Waals surface area contributed by atoms with Crippen LogP contribution in [0, 0.1) is 5.82 Å². The van der Waals surface area contributed by atoms with Gasteiger partial charge in [0.2, 0.25) is 5.91 Å². The standard InChI is InChI=1S/C36H48FN6O7PS/c1-35(2,3)49-51(45,50-36(4,5)6)48-26-12-15-43(16-13-26)14-9-17-47-31-21-29-28(20-30(31)46-7)33(40-23-39-29)42-34-38-22-27(52-34)19-32(44)41-25-11-8-10-24(37)18-25/h8,10-11,18,20-23,26H,9,12-17,19H2,1-7H3,(H,41,44)(H,38,39,40,42). The van der Waals surface area contributed by atoms with Crippen molar-refractivity contribution >= 4 is 52.6 Å². The molecule has 13 nitrogen and oxygen atoms in total. The van der Waals surface area contributed by atoms with E-state index in [1.807, 2.05) is 53.7 Å². The van der Waals surface area contributed by atoms with Crippen molar-refractivity contribution in [1.82, 2.24) is 19.9 Å². The van der Waals surface area contributed by atoms with Crippen LogP contribution in [0.3, 0.4) is 0 Å². The molecule has 1 saturated heterocycles. The van der Waals surface area contributed by atoms with Gasteiger partial charge in [0.25, 0.3) is 0 Å². The zero-order valence-electron chi connectivity index (χ0n) is 30.7. The summed E-state index contributed by atoms with van der Waals surface area (Å²) in [6.07, 6.45) is 5.17. The number of carbonyl (C=O) groups is 1. The molecule has 3 heterocycles. The Kier molecular flexibility index (Phi) is 12.9. The van der Waals surface area contributed by atoms with Crippen LogP contribution in [0.5, 0.6) is 11.5 Å². The first-order chi connectivity index (χ1) is 24.6. The number of hydrogen-bond donors (Lipinski definition) is 2. The predicted molar refractivity (Wildman–Crippen MR) is 200 cm³/mol. The Morgan fingerprint density at radius 2 is 1.75 bits per heavy atom. The van der Waals surface area contributed by atoms with Crippen molar-refractivity contribution in [3.8, 4) is 11.5 Å². The van der Waals surface area contributed by atoms with Crippen molar-refractivity contribution in [1.29, 1.82) is 0 Å². The van der Waals surface area contributed by atoms with Crippen LogP contribution >= 0.6 is 19.2 Å². The number of halogens is 1. The SMILES string of the molecule is COc1cc2c(Nc3ncc(CC(=O)Nc4cccc(F)c4)s3)ncnc2cc1OCCCN1CCC(OP(=O)(OC(C)(C)C)OC(C)(C)C)CC1. The van der Waals surface area contributed by atoms with E-state index in [9.17, 15) is 13.8 Å². The lowest BCUT2D eigenvalue weighted by molar-refractivity contribution is -0.115. The third-order valence-electron chi connectivity index (χ3n) is 7.60. The van der Waals surface area contributed by atoms with Gasteiger partial charge in [-0.3, -0.25) is 18.4 Å². The second kappa shape index (κ2) is 17.0. The Balaban J connectivity index is 1.11. The maximum atomic E-state index is 13.5. The highest BCUT2D eigenvalue weighted by Crippen LogP contribution is 2.57. The zero-order chi connectivity index (χ0) is 37.5. The van der Waals surface area contributed by atoms with Gasteiger partial charge in [0.1, 0.15) is 18.0 Å². The van der Waals surface area contributed by atoms with E-state index >= 15 is 0 Å². The number of phosphoric ester groups is 1. The van der Waals surface area contributed by atoms with Crippen molar-refractivity contribution < 1.29 is 36.8 Å². The van der Waals surface area contributed by atoms with Gasteiger partial charge in [-0.15, -0.1) is 11.3 Å². The number of benzene rings is 2. The summed E-state index contributed by atoms with van der Waals surface area (Å²) in [7, 11) is -2.18. The van der Waals surface area contributed by atoms with Gasteiger partial charge in [-0.2, -0.15) is 0 Å². The fraction of sp³-hybridized carbons (Fsp3) is 0.500. The Bertz CT molecular complexity index is 1850. The quantitative estimate of drug-likeness (QED) is 0.0891. The van der Waals surface area contributed by atoms with Crippen molar-refractivity contribution in [3.05, 3.63) is 59.6 Å². The van der Waals surface area contributed by atoms with Crippen LogP contribution in [0.1, 0.15) is 65.7 Å². The van der Waals surface area contributed by atoms with E-state index in [0.29, 0.717) is 58.5 Å². The molecular formula is C36H48FN6O7PS. The number of amides is 1. The van der Waals surface area contributed by atoms with Crippen LogP contribution in [0.15, 0.2) is 48.9 Å². The first kappa shape index (κ1) is 39.5. The number of methoxy groups -OCH3 is 1. The molecule has 1 aliphatic heterocycles. The normalized spacial score (nSPS) is 14.8. The lowest BCUT2D eigenvalue weighted by atomic mass is 10.1. The molecule has 1 fully saturated rings. The molecular weight excluding hydrogens is 710 g/mol. The molecule has 0 atom stereocenters. The van der Waals surface area contributed by atoms with Gasteiger partial charge < -0.3 is 25.0 Å². The average molecular weight is 759 g/mol. The molecule has 5 rings (SSSR count). The summed E-state index contributed by atoms with van der Waals surface area (Å²) in [5.41, 5.74) is -0.303. The molecule has 0 saturated carbocycles. The molecule has 0 aliphatic carbocycles. The average Bonchev–Trinajstić information content (AvgIpc) is 3.47. The summed E-state index contributed by atoms with van der Waals surface area (Å²) in [6.45, 7) is 13.9. The lowest BCUT2D eigenvalue weighted by Crippen LogP contribution is -2.38. The van der Waals surface area contributed by atoms with Crippen LogP contribution in [-0.4, -0.2) is 76.4 Å². The molecule has 2 N–H and O–H groups in total. The molecule has 282 valence electrons. The number of nitrogens with zero attached hydrogens (tertiary/aromatic N) is 4. The fourth-order valence-electron chi connectivity index (χ4n) is 5.54. The van der Waals surface area contributed by atoms with E-state index in [1.54, 1.807) is 19.4 Å². The zero-order valence-corrected chi connectivity index (χ0v) is 32.4. The smallest absolute Gasteiger partial charge is 0.476 e. The maximum absolute atomic E-state index is 13.5. The molecule has 1 amide bonds. The van der Waals surface area contributed by atoms with Crippen LogP contribution in [0.2, 0.25) is 0 Å². The van der Waals surface area contributed by atoms with Crippen LogP contribution < -0.4 is 20.1 Å². The van der Waals surface area contributed by atoms with Gasteiger partial charge in [0, 0.05) is 47.8 Å². The minimum Gasteiger partial charge on any atom is -0.493 e. The fourth-order valence-corrected chi connectivity index (χ4v) is 8.39. The number of hydrogen-bond acceptors (Lipinski definition) is 13. The van der Waals surface area contributed by atoms with Crippen LogP contribution in [0.4, 0.5) is 21.0 Å². The number of carbonyl (C=O) groups excluding carboxylic acids is 1. The number of aromatic nitrogens is 3. The minimum atomic E-state index is -3.76. The molecule has 16 heteroatoms. The minimum absolute atomic E-state index is 0.0883. The third kappa shape index (κ3) is 11.9. The molecule has 2 aromatic carbocycles. The van der Waals surface area contributed by atoms with E-state index in [4.69, 9.17) is 23.0 Å². The van der Waals surface area contributed by atoms with Crippen molar-refractivity contribution in [2.45, 2.75) is 84.5 Å². The molecule has 52 heavy (non-hydrogen) atoms. The van der Waals surface area contributed by atoms with E-state index in [-0.39, 0.29) is 18.4 Å². The summed E-state index contributed by atoms with van der Waals surface area (Å²) in [4.78, 5) is 28.8. The lowest BCUT2D eigenvalue weighted by Gasteiger charge is -2.36. The first-order valence-electron chi connectivity index (χ1n) is 17.2. The van der Waals surface area contributed by atoms with E-state index in [1.165, 1.54) is 35.9 Å². The van der Waals surface area contributed by atoms with Crippen LogP contribution in [-0.2, 0) is 29.4 Å². The monoisotopic (exact) mass is 758 g/mol. The highest BCUT2D eigenvalue weighted by Gasteiger charge is 2.40. The summed E-state index contributed by atoms with van der Waals surface area (Å²) in [5.74, 6) is 0.938. The summed E-state index contributed by atoms with van der Waals surface area (Å²) in [5, 5.41) is 7.18. The molecule has 0 spiro atoms. The third-order valence-corrected chi connectivity index (χ3v) is 10.6. The molecule has 2 aromatic heterocycles. The largest absolute Gasteiger partial charge is 0.493 e. The van der Waals surface area contributed by atoms with Gasteiger partial charge in [-0.05, 0) is 85.1 Å². The number of rotatable bonds is 15. The van der Waals surface area contributed by atoms with E-state index < -0.39 is 24.8 Å². The van der Waals surface area contributed by atoms with Crippen molar-refractivity contribution in [2.24, 2.45) is 0 Å². The highest BCUT2D eigenvalue weighted by atomic mass is 32.1. The molecule has 0 radical (unpaired) electrons. The maximum Gasteiger partial charge on any atom is 0.476 e. The first-order valence-corrected chi connectivity index (χ1v) is 19.5. The highest BCUT2D eigenvalue weighted by molar-refractivity contribution is 7.48. The number of phosphoric acid groups is 1. The number of likely N-dealkylation sites (tertiary alicyclic amines) is 1. The number of piperidine rings is 1. The number of nitrogens with one attached hydrogen (secondary N) is 2. The molecule has 4 aromatic rings. The van der Waals surface area contributed by atoms with Gasteiger partial charge in [-0.1, -0.05) is 6.07 Å². The number of fused-ring (bicyclic) bond motifs is 1. The summed E-state index contributed by atoms with van der Waals surface area (Å²) < 4.78 is 56.4. The Morgan fingerprint density at radius 1 is 1.02 bits per heavy atom. The number of ether oxygens (including phenoxy) is 2. The molecule has 0 unspecified atom stereocenters. The van der Waals surface area contributed by atoms with Gasteiger partial charge in [0.15, 0.2) is 16.6 Å². The Labute approximate surface area is 308 Å². The molecule has 1 aliphatic rings. The van der Waals surface area contributed by atoms with E-state index in [2.05, 4.69) is 30.5 Å². The van der Waals surface area contributed by atoms with Gasteiger partial charge in [0.05, 0.1) is 43.0 Å². The second-order valence-corrected chi connectivity index (χ2v) is 17.0. The van der Waals surface area contributed by atoms with Crippen molar-refractivity contribution in [3.63, 3.8) is 0 Å². The topological polar surface area (TPSA) is 146 Å².